The van der Waals surface area contributed by atoms with Crippen LogP contribution in [0, 0.1) is 12.3 Å². The van der Waals surface area contributed by atoms with Crippen LogP contribution in [0.25, 0.3) is 11.1 Å². The van der Waals surface area contributed by atoms with Crippen molar-refractivity contribution in [2.24, 2.45) is 0 Å². The molecule has 2 aromatic rings. The molecule has 0 aliphatic heterocycles. The second-order valence-corrected chi connectivity index (χ2v) is 9.36. The Morgan fingerprint density at radius 2 is 1.63 bits per heavy atom. The Labute approximate surface area is 206 Å². The van der Waals surface area contributed by atoms with Gasteiger partial charge in [-0.15, -0.1) is 12.3 Å². The highest BCUT2D eigenvalue weighted by molar-refractivity contribution is 5.82. The zero-order chi connectivity index (χ0) is 25.4. The van der Waals surface area contributed by atoms with Crippen molar-refractivity contribution >= 4 is 18.0 Å². The number of hydrogen-bond donors (Lipinski definition) is 1. The lowest BCUT2D eigenvalue weighted by Crippen LogP contribution is -2.43. The summed E-state index contributed by atoms with van der Waals surface area (Å²) in [5.41, 5.74) is 3.90. The molecule has 7 nitrogen and oxygen atoms in total. The quantitative estimate of drug-likeness (QED) is 0.435. The first-order valence-electron chi connectivity index (χ1n) is 11.7. The van der Waals surface area contributed by atoms with E-state index in [2.05, 4.69) is 35.5 Å². The van der Waals surface area contributed by atoms with Crippen LogP contribution in [0.2, 0.25) is 0 Å². The molecule has 0 unspecified atom stereocenters. The Morgan fingerprint density at radius 1 is 1.03 bits per heavy atom. The summed E-state index contributed by atoms with van der Waals surface area (Å²) < 4.78 is 10.8. The van der Waals surface area contributed by atoms with E-state index in [1.165, 1.54) is 4.90 Å². The van der Waals surface area contributed by atoms with Crippen molar-refractivity contribution in [2.45, 2.75) is 45.1 Å². The van der Waals surface area contributed by atoms with Crippen LogP contribution in [0.15, 0.2) is 48.5 Å². The lowest BCUT2D eigenvalue weighted by atomic mass is 9.98. The molecule has 7 heteroatoms. The molecule has 2 amide bonds. The predicted octanol–water partition coefficient (Wildman–Crippen LogP) is 4.11. The molecule has 0 atom stereocenters. The van der Waals surface area contributed by atoms with E-state index in [0.29, 0.717) is 0 Å². The molecule has 3 rings (SSSR count). The molecule has 0 radical (unpaired) electrons. The number of rotatable bonds is 9. The monoisotopic (exact) mass is 476 g/mol. The Hall–Kier alpha value is -3.79. The first kappa shape index (κ1) is 25.8. The second-order valence-electron chi connectivity index (χ2n) is 9.36. The fourth-order valence-electron chi connectivity index (χ4n) is 4.10. The molecule has 0 spiro atoms. The fraction of sp³-hybridized carbons (Fsp3) is 0.393. The van der Waals surface area contributed by atoms with Gasteiger partial charge in [-0.25, -0.2) is 4.79 Å². The van der Waals surface area contributed by atoms with Crippen LogP contribution in [-0.2, 0) is 19.1 Å². The number of carbonyl (C=O) groups is 3. The summed E-state index contributed by atoms with van der Waals surface area (Å²) in [5, 5.41) is 2.67. The number of terminal acetylenes is 1. The minimum atomic E-state index is -0.663. The molecule has 0 saturated heterocycles. The van der Waals surface area contributed by atoms with Crippen molar-refractivity contribution in [2.75, 3.05) is 26.2 Å². The first-order valence-corrected chi connectivity index (χ1v) is 11.7. The van der Waals surface area contributed by atoms with E-state index in [4.69, 9.17) is 15.9 Å². The van der Waals surface area contributed by atoms with Gasteiger partial charge in [-0.2, -0.15) is 0 Å². The van der Waals surface area contributed by atoms with Gasteiger partial charge in [0.2, 0.25) is 5.91 Å². The molecule has 0 bridgehead atoms. The average Bonchev–Trinajstić information content (AvgIpc) is 3.13. The number of hydrogen-bond acceptors (Lipinski definition) is 5. The largest absolute Gasteiger partial charge is 0.459 e. The molecule has 184 valence electrons. The van der Waals surface area contributed by atoms with Crippen molar-refractivity contribution in [3.8, 4) is 23.5 Å². The lowest BCUT2D eigenvalue weighted by molar-refractivity contribution is -0.158. The van der Waals surface area contributed by atoms with Crippen LogP contribution in [0.5, 0.6) is 0 Å². The van der Waals surface area contributed by atoms with E-state index in [0.717, 1.165) is 22.3 Å². The Bertz CT molecular complexity index is 1070. The molecule has 0 heterocycles. The Balaban J connectivity index is 1.53. The summed E-state index contributed by atoms with van der Waals surface area (Å²) in [4.78, 5) is 38.5. The van der Waals surface area contributed by atoms with Crippen molar-refractivity contribution in [1.29, 1.82) is 0 Å². The number of amides is 2. The molecule has 1 N–H and O–H groups in total. The van der Waals surface area contributed by atoms with Gasteiger partial charge in [0.15, 0.2) is 0 Å². The summed E-state index contributed by atoms with van der Waals surface area (Å²) >= 11 is 0. The normalized spacial score (nSPS) is 12.2. The standard InChI is InChI=1S/C28H32N2O5/c1-5-6-15-25(31)30(18-26(32)35-28(2,3)4)17-16-29-27(33)34-19-24-22-13-9-7-11-20(22)21-12-8-10-14-23(21)24/h1,7-14,24H,6,15-19H2,2-4H3,(H,29,33). The molecular formula is C28H32N2O5. The van der Waals surface area contributed by atoms with Crippen molar-refractivity contribution in [1.82, 2.24) is 10.2 Å². The molecule has 35 heavy (non-hydrogen) atoms. The minimum Gasteiger partial charge on any atom is -0.459 e. The minimum absolute atomic E-state index is 0.0397. The highest BCUT2D eigenvalue weighted by atomic mass is 16.6. The third-order valence-corrected chi connectivity index (χ3v) is 5.57. The number of ether oxygens (including phenoxy) is 2. The second kappa shape index (κ2) is 11.6. The van der Waals surface area contributed by atoms with Crippen LogP contribution < -0.4 is 5.32 Å². The third kappa shape index (κ3) is 7.10. The summed E-state index contributed by atoms with van der Waals surface area (Å²) in [6, 6.07) is 16.2. The maximum absolute atomic E-state index is 12.5. The van der Waals surface area contributed by atoms with Crippen LogP contribution in [-0.4, -0.2) is 54.7 Å². The van der Waals surface area contributed by atoms with Gasteiger partial charge in [-0.1, -0.05) is 48.5 Å². The Morgan fingerprint density at radius 3 is 2.20 bits per heavy atom. The smallest absolute Gasteiger partial charge is 0.407 e. The third-order valence-electron chi connectivity index (χ3n) is 5.57. The van der Waals surface area contributed by atoms with Gasteiger partial charge in [-0.3, -0.25) is 9.59 Å². The lowest BCUT2D eigenvalue weighted by Gasteiger charge is -2.25. The van der Waals surface area contributed by atoms with Gasteiger partial charge >= 0.3 is 12.1 Å². The first-order chi connectivity index (χ1) is 16.7. The van der Waals surface area contributed by atoms with Crippen molar-refractivity contribution < 1.29 is 23.9 Å². The fourth-order valence-corrected chi connectivity index (χ4v) is 4.10. The highest BCUT2D eigenvalue weighted by Crippen LogP contribution is 2.44. The van der Waals surface area contributed by atoms with Crippen LogP contribution in [0.1, 0.15) is 50.7 Å². The van der Waals surface area contributed by atoms with Gasteiger partial charge in [0.1, 0.15) is 18.8 Å². The number of carbonyl (C=O) groups excluding carboxylic acids is 3. The number of nitrogens with one attached hydrogen (secondary N) is 1. The predicted molar refractivity (Wildman–Crippen MR) is 134 cm³/mol. The molecule has 1 aliphatic carbocycles. The van der Waals surface area contributed by atoms with Gasteiger partial charge in [0, 0.05) is 31.8 Å². The van der Waals surface area contributed by atoms with Gasteiger partial charge in [0.05, 0.1) is 0 Å². The maximum atomic E-state index is 12.5. The van der Waals surface area contributed by atoms with Gasteiger partial charge in [-0.05, 0) is 43.0 Å². The molecular weight excluding hydrogens is 444 g/mol. The van der Waals surface area contributed by atoms with Gasteiger partial charge in [0.25, 0.3) is 0 Å². The number of alkyl carbamates (subject to hydrolysis) is 1. The van der Waals surface area contributed by atoms with Crippen LogP contribution in [0.4, 0.5) is 4.79 Å². The van der Waals surface area contributed by atoms with E-state index in [-0.39, 0.29) is 50.9 Å². The average molecular weight is 477 g/mol. The topological polar surface area (TPSA) is 84.9 Å². The number of esters is 1. The van der Waals surface area contributed by atoms with Crippen molar-refractivity contribution in [3.63, 3.8) is 0 Å². The van der Waals surface area contributed by atoms with Gasteiger partial charge < -0.3 is 19.7 Å². The molecule has 0 saturated carbocycles. The summed E-state index contributed by atoms with van der Waals surface area (Å²) in [6.45, 7) is 5.51. The highest BCUT2D eigenvalue weighted by Gasteiger charge is 2.29. The molecule has 2 aromatic carbocycles. The van der Waals surface area contributed by atoms with Crippen molar-refractivity contribution in [3.05, 3.63) is 59.7 Å². The van der Waals surface area contributed by atoms with Crippen LogP contribution in [0.3, 0.4) is 0 Å². The summed E-state index contributed by atoms with van der Waals surface area (Å²) in [7, 11) is 0. The van der Waals surface area contributed by atoms with E-state index in [1.54, 1.807) is 20.8 Å². The summed E-state index contributed by atoms with van der Waals surface area (Å²) in [6.07, 6.45) is 5.06. The molecule has 1 aliphatic rings. The van der Waals surface area contributed by atoms with E-state index in [9.17, 15) is 14.4 Å². The zero-order valence-corrected chi connectivity index (χ0v) is 20.5. The zero-order valence-electron chi connectivity index (χ0n) is 20.5. The number of benzene rings is 2. The number of nitrogens with zero attached hydrogens (tertiary/aromatic N) is 1. The van der Waals surface area contributed by atoms with E-state index >= 15 is 0 Å². The molecule has 0 aromatic heterocycles. The summed E-state index contributed by atoms with van der Waals surface area (Å²) in [5.74, 6) is 1.59. The Kier molecular flexibility index (Phi) is 8.53. The molecule has 0 fully saturated rings. The van der Waals surface area contributed by atoms with E-state index in [1.807, 2.05) is 24.3 Å². The van der Waals surface area contributed by atoms with Crippen LogP contribution >= 0.6 is 0 Å². The van der Waals surface area contributed by atoms with E-state index < -0.39 is 17.7 Å². The SMILES string of the molecule is C#CCCC(=O)N(CCNC(=O)OCC1c2ccccc2-c2ccccc21)CC(=O)OC(C)(C)C. The number of fused-ring (bicyclic) bond motifs is 3. The maximum Gasteiger partial charge on any atom is 0.407 e.